The molecule has 15 heavy (non-hydrogen) atoms. The van der Waals surface area contributed by atoms with Crippen molar-refractivity contribution < 1.29 is 9.47 Å². The van der Waals surface area contributed by atoms with Crippen molar-refractivity contribution >= 4 is 22.6 Å². The molecule has 0 bridgehead atoms. The van der Waals surface area contributed by atoms with Crippen LogP contribution in [-0.2, 0) is 9.47 Å². The lowest BCUT2D eigenvalue weighted by Crippen LogP contribution is -2.41. The molecule has 88 valence electrons. The number of ether oxygens (including phenoxy) is 2. The third-order valence-corrected chi connectivity index (χ3v) is 5.20. The maximum Gasteiger partial charge on any atom is 0.0815 e. The van der Waals surface area contributed by atoms with Gasteiger partial charge in [-0.2, -0.15) is 0 Å². The van der Waals surface area contributed by atoms with Gasteiger partial charge in [-0.25, -0.2) is 0 Å². The van der Waals surface area contributed by atoms with Crippen LogP contribution in [0.25, 0.3) is 0 Å². The van der Waals surface area contributed by atoms with Gasteiger partial charge in [-0.3, -0.25) is 0 Å². The first-order valence-electron chi connectivity index (χ1n) is 6.12. The minimum Gasteiger partial charge on any atom is -0.381 e. The summed E-state index contributed by atoms with van der Waals surface area (Å²) in [4.78, 5) is 0. The van der Waals surface area contributed by atoms with Crippen LogP contribution in [0.1, 0.15) is 38.5 Å². The molecule has 2 rings (SSSR count). The van der Waals surface area contributed by atoms with E-state index in [1.807, 2.05) is 0 Å². The second-order valence-electron chi connectivity index (χ2n) is 4.86. The zero-order valence-corrected chi connectivity index (χ0v) is 11.5. The maximum absolute atomic E-state index is 6.14. The van der Waals surface area contributed by atoms with Crippen LogP contribution >= 0.6 is 22.6 Å². The fourth-order valence-corrected chi connectivity index (χ4v) is 3.27. The summed E-state index contributed by atoms with van der Waals surface area (Å²) < 4.78 is 12.7. The highest BCUT2D eigenvalue weighted by Gasteiger charge is 2.32. The Balaban J connectivity index is 1.69. The molecule has 0 spiro atoms. The van der Waals surface area contributed by atoms with E-state index in [2.05, 4.69) is 22.6 Å². The standard InChI is InChI=1S/C12H21IO2/c13-10-12(5-8-14-9-6-12)15-7-4-11-2-1-3-11/h11H,1-10H2. The first-order valence-corrected chi connectivity index (χ1v) is 7.65. The molecule has 0 aromatic heterocycles. The molecule has 0 N–H and O–H groups in total. The van der Waals surface area contributed by atoms with Gasteiger partial charge in [0.1, 0.15) is 0 Å². The van der Waals surface area contributed by atoms with E-state index in [1.165, 1.54) is 25.7 Å². The molecule has 1 heterocycles. The summed E-state index contributed by atoms with van der Waals surface area (Å²) in [5, 5.41) is 0. The van der Waals surface area contributed by atoms with Gasteiger partial charge in [0.05, 0.1) is 5.60 Å². The zero-order valence-electron chi connectivity index (χ0n) is 9.34. The average Bonchev–Trinajstić information content (AvgIpc) is 2.23. The average molecular weight is 324 g/mol. The molecular weight excluding hydrogens is 303 g/mol. The van der Waals surface area contributed by atoms with Gasteiger partial charge >= 0.3 is 0 Å². The summed E-state index contributed by atoms with van der Waals surface area (Å²) in [5.41, 5.74) is 0.141. The van der Waals surface area contributed by atoms with E-state index in [-0.39, 0.29) is 5.60 Å². The maximum atomic E-state index is 6.14. The smallest absolute Gasteiger partial charge is 0.0815 e. The number of alkyl halides is 1. The fourth-order valence-electron chi connectivity index (χ4n) is 2.28. The molecule has 2 nitrogen and oxygen atoms in total. The Morgan fingerprint density at radius 2 is 2.00 bits per heavy atom. The minimum atomic E-state index is 0.141. The summed E-state index contributed by atoms with van der Waals surface area (Å²) in [6, 6.07) is 0. The fraction of sp³-hybridized carbons (Fsp3) is 1.00. The van der Waals surface area contributed by atoms with Crippen LogP contribution in [0.5, 0.6) is 0 Å². The van der Waals surface area contributed by atoms with Gasteiger partial charge in [-0.1, -0.05) is 41.9 Å². The van der Waals surface area contributed by atoms with Crippen molar-refractivity contribution in [1.82, 2.24) is 0 Å². The second-order valence-corrected chi connectivity index (χ2v) is 5.63. The summed E-state index contributed by atoms with van der Waals surface area (Å²) >= 11 is 2.46. The molecule has 1 saturated carbocycles. The van der Waals surface area contributed by atoms with Crippen LogP contribution in [0.3, 0.4) is 0 Å². The Morgan fingerprint density at radius 1 is 1.27 bits per heavy atom. The summed E-state index contributed by atoms with van der Waals surface area (Å²) in [6.07, 6.45) is 7.75. The van der Waals surface area contributed by atoms with Crippen LogP contribution in [0, 0.1) is 5.92 Å². The number of halogens is 1. The summed E-state index contributed by atoms with van der Waals surface area (Å²) in [5.74, 6) is 0.969. The first-order chi connectivity index (χ1) is 7.35. The van der Waals surface area contributed by atoms with Crippen molar-refractivity contribution in [2.45, 2.75) is 44.1 Å². The number of rotatable bonds is 5. The SMILES string of the molecule is ICC1(OCCC2CCC2)CCOCC1. The van der Waals surface area contributed by atoms with Crippen molar-refractivity contribution in [3.05, 3.63) is 0 Å². The van der Waals surface area contributed by atoms with Crippen molar-refractivity contribution in [3.8, 4) is 0 Å². The van der Waals surface area contributed by atoms with Crippen molar-refractivity contribution in [3.63, 3.8) is 0 Å². The van der Waals surface area contributed by atoms with Crippen LogP contribution in [-0.4, -0.2) is 29.8 Å². The lowest BCUT2D eigenvalue weighted by atomic mass is 9.83. The van der Waals surface area contributed by atoms with E-state index in [9.17, 15) is 0 Å². The van der Waals surface area contributed by atoms with Gasteiger partial charge in [-0.05, 0) is 12.3 Å². The lowest BCUT2D eigenvalue weighted by molar-refractivity contribution is -0.0982. The second kappa shape index (κ2) is 5.82. The molecular formula is C12H21IO2. The minimum absolute atomic E-state index is 0.141. The van der Waals surface area contributed by atoms with Crippen LogP contribution in [0.2, 0.25) is 0 Å². The first kappa shape index (κ1) is 12.1. The van der Waals surface area contributed by atoms with E-state index in [0.717, 1.165) is 43.0 Å². The molecule has 3 heteroatoms. The van der Waals surface area contributed by atoms with Crippen LogP contribution in [0.4, 0.5) is 0 Å². The third-order valence-electron chi connectivity index (χ3n) is 3.81. The Kier molecular flexibility index (Phi) is 4.70. The zero-order chi connectivity index (χ0) is 10.6. The van der Waals surface area contributed by atoms with E-state index >= 15 is 0 Å². The predicted octanol–water partition coefficient (Wildman–Crippen LogP) is 3.18. The van der Waals surface area contributed by atoms with Gasteiger partial charge < -0.3 is 9.47 Å². The van der Waals surface area contributed by atoms with Gasteiger partial charge in [0.25, 0.3) is 0 Å². The molecule has 0 radical (unpaired) electrons. The van der Waals surface area contributed by atoms with Crippen LogP contribution in [0.15, 0.2) is 0 Å². The quantitative estimate of drug-likeness (QED) is 0.571. The molecule has 1 saturated heterocycles. The highest BCUT2D eigenvalue weighted by atomic mass is 127. The number of hydrogen-bond donors (Lipinski definition) is 0. The van der Waals surface area contributed by atoms with Crippen molar-refractivity contribution in [2.24, 2.45) is 5.92 Å². The Hall–Kier alpha value is 0.650. The predicted molar refractivity (Wildman–Crippen MR) is 69.6 cm³/mol. The lowest BCUT2D eigenvalue weighted by Gasteiger charge is -2.36. The van der Waals surface area contributed by atoms with E-state index in [1.54, 1.807) is 0 Å². The monoisotopic (exact) mass is 324 g/mol. The summed E-state index contributed by atoms with van der Waals surface area (Å²) in [6.45, 7) is 2.73. The largest absolute Gasteiger partial charge is 0.381 e. The molecule has 0 amide bonds. The summed E-state index contributed by atoms with van der Waals surface area (Å²) in [7, 11) is 0. The van der Waals surface area contributed by atoms with E-state index < -0.39 is 0 Å². The topological polar surface area (TPSA) is 18.5 Å². The van der Waals surface area contributed by atoms with Gasteiger partial charge in [0.2, 0.25) is 0 Å². The highest BCUT2D eigenvalue weighted by molar-refractivity contribution is 14.1. The molecule has 1 aliphatic heterocycles. The Bertz CT molecular complexity index is 186. The number of hydrogen-bond acceptors (Lipinski definition) is 2. The Morgan fingerprint density at radius 3 is 2.53 bits per heavy atom. The van der Waals surface area contributed by atoms with Gasteiger partial charge in [0, 0.05) is 37.1 Å². The molecule has 0 aromatic rings. The van der Waals surface area contributed by atoms with Gasteiger partial charge in [0.15, 0.2) is 0 Å². The van der Waals surface area contributed by atoms with Crippen molar-refractivity contribution in [1.29, 1.82) is 0 Å². The third kappa shape index (κ3) is 3.30. The Labute approximate surface area is 106 Å². The van der Waals surface area contributed by atoms with Crippen LogP contribution < -0.4 is 0 Å². The molecule has 0 unspecified atom stereocenters. The van der Waals surface area contributed by atoms with Gasteiger partial charge in [-0.15, -0.1) is 0 Å². The molecule has 2 fully saturated rings. The van der Waals surface area contributed by atoms with E-state index in [4.69, 9.17) is 9.47 Å². The molecule has 0 atom stereocenters. The highest BCUT2D eigenvalue weighted by Crippen LogP contribution is 2.32. The normalized spacial score (nSPS) is 26.2. The molecule has 1 aliphatic carbocycles. The molecule has 2 aliphatic rings. The van der Waals surface area contributed by atoms with E-state index in [0.29, 0.717) is 0 Å². The van der Waals surface area contributed by atoms with Crippen molar-refractivity contribution in [2.75, 3.05) is 24.2 Å². The molecule has 0 aromatic carbocycles.